The first-order chi connectivity index (χ1) is 11.7. The van der Waals surface area contributed by atoms with Crippen LogP contribution in [0.3, 0.4) is 0 Å². The van der Waals surface area contributed by atoms with Crippen molar-refractivity contribution in [2.24, 2.45) is 0 Å². The molecule has 0 unspecified atom stereocenters. The molecule has 0 aliphatic carbocycles. The molecule has 1 aromatic carbocycles. The maximum absolute atomic E-state index is 12.1. The van der Waals surface area contributed by atoms with E-state index >= 15 is 0 Å². The molecule has 1 aliphatic rings. The number of piperidine rings is 1. The van der Waals surface area contributed by atoms with Gasteiger partial charge in [0.2, 0.25) is 5.91 Å². The standard InChI is InChI=1S/C19H24N4O/c1-2-11-23-12-9-15(10-13-23)22-19(24)8-7-16-14-20-17-5-3-4-6-18(17)21-16/h3-8,14-15H,2,9-13H2,1H3,(H,22,24)/b8-7+. The van der Waals surface area contributed by atoms with E-state index in [0.717, 1.165) is 43.5 Å². The van der Waals surface area contributed by atoms with E-state index in [1.165, 1.54) is 6.42 Å². The molecule has 1 amide bonds. The van der Waals surface area contributed by atoms with Gasteiger partial charge in [0.25, 0.3) is 0 Å². The molecule has 0 atom stereocenters. The lowest BCUT2D eigenvalue weighted by Crippen LogP contribution is -2.44. The highest BCUT2D eigenvalue weighted by Crippen LogP contribution is 2.11. The minimum Gasteiger partial charge on any atom is -0.350 e. The Bertz CT molecular complexity index is 720. The maximum Gasteiger partial charge on any atom is 0.244 e. The van der Waals surface area contributed by atoms with Crippen molar-refractivity contribution in [2.75, 3.05) is 19.6 Å². The van der Waals surface area contributed by atoms with Crippen LogP contribution in [0.15, 0.2) is 36.5 Å². The number of fused-ring (bicyclic) bond motifs is 1. The SMILES string of the molecule is CCCN1CCC(NC(=O)/C=C/c2cnc3ccccc3n2)CC1. The fraction of sp³-hybridized carbons (Fsp3) is 0.421. The monoisotopic (exact) mass is 324 g/mol. The Kier molecular flexibility index (Phi) is 5.54. The van der Waals surface area contributed by atoms with Gasteiger partial charge in [-0.25, -0.2) is 4.98 Å². The van der Waals surface area contributed by atoms with Crippen molar-refractivity contribution in [3.63, 3.8) is 0 Å². The molecular weight excluding hydrogens is 300 g/mol. The van der Waals surface area contributed by atoms with E-state index in [2.05, 4.69) is 27.1 Å². The number of para-hydroxylation sites is 2. The summed E-state index contributed by atoms with van der Waals surface area (Å²) >= 11 is 0. The van der Waals surface area contributed by atoms with Gasteiger partial charge in [0, 0.05) is 25.2 Å². The first-order valence-electron chi connectivity index (χ1n) is 8.67. The van der Waals surface area contributed by atoms with E-state index < -0.39 is 0 Å². The number of benzene rings is 1. The van der Waals surface area contributed by atoms with E-state index in [1.54, 1.807) is 18.3 Å². The van der Waals surface area contributed by atoms with E-state index in [4.69, 9.17) is 0 Å². The van der Waals surface area contributed by atoms with Crippen LogP contribution in [0.25, 0.3) is 17.1 Å². The van der Waals surface area contributed by atoms with Crippen LogP contribution >= 0.6 is 0 Å². The molecule has 5 nitrogen and oxygen atoms in total. The van der Waals surface area contributed by atoms with Crippen LogP contribution in [0.4, 0.5) is 0 Å². The minimum atomic E-state index is -0.0566. The normalized spacial score (nSPS) is 16.7. The second kappa shape index (κ2) is 8.02. The summed E-state index contributed by atoms with van der Waals surface area (Å²) in [6, 6.07) is 7.99. The van der Waals surface area contributed by atoms with Gasteiger partial charge in [0.15, 0.2) is 0 Å². The number of nitrogens with one attached hydrogen (secondary N) is 1. The van der Waals surface area contributed by atoms with Gasteiger partial charge in [0.1, 0.15) is 0 Å². The average Bonchev–Trinajstić information content (AvgIpc) is 2.62. The molecule has 2 aromatic rings. The Balaban J connectivity index is 1.53. The Labute approximate surface area is 142 Å². The molecule has 0 radical (unpaired) electrons. The van der Waals surface area contributed by atoms with Crippen molar-refractivity contribution in [2.45, 2.75) is 32.2 Å². The molecule has 0 spiro atoms. The molecule has 24 heavy (non-hydrogen) atoms. The number of likely N-dealkylation sites (tertiary alicyclic amines) is 1. The Hall–Kier alpha value is -2.27. The zero-order chi connectivity index (χ0) is 16.8. The molecule has 1 aliphatic heterocycles. The van der Waals surface area contributed by atoms with Crippen molar-refractivity contribution >= 4 is 23.0 Å². The van der Waals surface area contributed by atoms with Gasteiger partial charge in [-0.15, -0.1) is 0 Å². The quantitative estimate of drug-likeness (QED) is 0.859. The van der Waals surface area contributed by atoms with Crippen molar-refractivity contribution in [3.8, 4) is 0 Å². The highest BCUT2D eigenvalue weighted by molar-refractivity contribution is 5.91. The summed E-state index contributed by atoms with van der Waals surface area (Å²) in [4.78, 5) is 23.4. The second-order valence-corrected chi connectivity index (χ2v) is 6.24. The third kappa shape index (κ3) is 4.38. The van der Waals surface area contributed by atoms with E-state index in [0.29, 0.717) is 5.69 Å². The Morgan fingerprint density at radius 3 is 2.79 bits per heavy atom. The predicted octanol–water partition coefficient (Wildman–Crippen LogP) is 2.63. The minimum absolute atomic E-state index is 0.0566. The van der Waals surface area contributed by atoms with Crippen LogP contribution < -0.4 is 5.32 Å². The number of nitrogens with zero attached hydrogens (tertiary/aromatic N) is 3. The van der Waals surface area contributed by atoms with Crippen molar-refractivity contribution in [1.82, 2.24) is 20.2 Å². The Morgan fingerprint density at radius 2 is 2.04 bits per heavy atom. The molecule has 1 aromatic heterocycles. The summed E-state index contributed by atoms with van der Waals surface area (Å²) in [6.45, 7) is 5.49. The molecule has 2 heterocycles. The lowest BCUT2D eigenvalue weighted by atomic mass is 10.0. The van der Waals surface area contributed by atoms with Crippen molar-refractivity contribution < 1.29 is 4.79 Å². The number of amides is 1. The number of hydrogen-bond donors (Lipinski definition) is 1. The summed E-state index contributed by atoms with van der Waals surface area (Å²) < 4.78 is 0. The highest BCUT2D eigenvalue weighted by Gasteiger charge is 2.19. The predicted molar refractivity (Wildman–Crippen MR) is 96.5 cm³/mol. The molecule has 0 saturated carbocycles. The lowest BCUT2D eigenvalue weighted by molar-refractivity contribution is -0.117. The molecule has 0 bridgehead atoms. The number of rotatable bonds is 5. The van der Waals surface area contributed by atoms with Crippen LogP contribution in [-0.4, -0.2) is 46.5 Å². The fourth-order valence-electron chi connectivity index (χ4n) is 3.08. The second-order valence-electron chi connectivity index (χ2n) is 6.24. The zero-order valence-corrected chi connectivity index (χ0v) is 14.1. The third-order valence-corrected chi connectivity index (χ3v) is 4.35. The van der Waals surface area contributed by atoms with E-state index in [-0.39, 0.29) is 11.9 Å². The summed E-state index contributed by atoms with van der Waals surface area (Å²) in [5.74, 6) is -0.0566. The first-order valence-corrected chi connectivity index (χ1v) is 8.67. The molecule has 5 heteroatoms. The number of aromatic nitrogens is 2. The third-order valence-electron chi connectivity index (χ3n) is 4.35. The fourth-order valence-corrected chi connectivity index (χ4v) is 3.08. The van der Waals surface area contributed by atoms with Crippen molar-refractivity contribution in [3.05, 3.63) is 42.2 Å². The average molecular weight is 324 g/mol. The molecule has 1 saturated heterocycles. The molecular formula is C19H24N4O. The zero-order valence-electron chi connectivity index (χ0n) is 14.1. The van der Waals surface area contributed by atoms with Gasteiger partial charge in [0.05, 0.1) is 22.9 Å². The first kappa shape index (κ1) is 16.6. The summed E-state index contributed by atoms with van der Waals surface area (Å²) in [5, 5.41) is 3.09. The van der Waals surface area contributed by atoms with Crippen LogP contribution in [0.5, 0.6) is 0 Å². The highest BCUT2D eigenvalue weighted by atomic mass is 16.1. The van der Waals surface area contributed by atoms with Crippen molar-refractivity contribution in [1.29, 1.82) is 0 Å². The summed E-state index contributed by atoms with van der Waals surface area (Å²) in [5.41, 5.74) is 2.39. The van der Waals surface area contributed by atoms with Crippen LogP contribution in [0.1, 0.15) is 31.9 Å². The smallest absolute Gasteiger partial charge is 0.244 e. The van der Waals surface area contributed by atoms with Crippen LogP contribution in [0, 0.1) is 0 Å². The largest absolute Gasteiger partial charge is 0.350 e. The summed E-state index contributed by atoms with van der Waals surface area (Å²) in [6.07, 6.45) is 8.20. The van der Waals surface area contributed by atoms with Gasteiger partial charge in [-0.3, -0.25) is 9.78 Å². The molecule has 3 rings (SSSR count). The molecule has 1 N–H and O–H groups in total. The van der Waals surface area contributed by atoms with Gasteiger partial charge in [-0.2, -0.15) is 0 Å². The topological polar surface area (TPSA) is 58.1 Å². The maximum atomic E-state index is 12.1. The van der Waals surface area contributed by atoms with E-state index in [9.17, 15) is 4.79 Å². The molecule has 126 valence electrons. The Morgan fingerprint density at radius 1 is 1.29 bits per heavy atom. The van der Waals surface area contributed by atoms with Crippen LogP contribution in [-0.2, 0) is 4.79 Å². The van der Waals surface area contributed by atoms with Crippen LogP contribution in [0.2, 0.25) is 0 Å². The van der Waals surface area contributed by atoms with Gasteiger partial charge in [-0.05, 0) is 44.0 Å². The molecule has 1 fully saturated rings. The number of carbonyl (C=O) groups is 1. The van der Waals surface area contributed by atoms with Gasteiger partial charge in [-0.1, -0.05) is 19.1 Å². The number of carbonyl (C=O) groups excluding carboxylic acids is 1. The summed E-state index contributed by atoms with van der Waals surface area (Å²) in [7, 11) is 0. The van der Waals surface area contributed by atoms with Gasteiger partial charge >= 0.3 is 0 Å². The lowest BCUT2D eigenvalue weighted by Gasteiger charge is -2.31. The van der Waals surface area contributed by atoms with E-state index in [1.807, 2.05) is 24.3 Å². The van der Waals surface area contributed by atoms with Gasteiger partial charge < -0.3 is 10.2 Å². The number of hydrogen-bond acceptors (Lipinski definition) is 4.